The number of hydrogen-bond donors (Lipinski definition) is 1. The zero-order chi connectivity index (χ0) is 23.2. The molecule has 1 N–H and O–H groups in total. The van der Waals surface area contributed by atoms with Crippen LogP contribution in [0.3, 0.4) is 0 Å². The lowest BCUT2D eigenvalue weighted by molar-refractivity contribution is -0.141. The van der Waals surface area contributed by atoms with E-state index >= 15 is 0 Å². The Morgan fingerprint density at radius 3 is 2.27 bits per heavy atom. The fraction of sp³-hybridized carbons (Fsp3) is 0.682. The van der Waals surface area contributed by atoms with Crippen molar-refractivity contribution in [2.75, 3.05) is 25.0 Å². The van der Waals surface area contributed by atoms with Crippen molar-refractivity contribution in [3.8, 4) is 0 Å². The molecule has 0 aromatic carbocycles. The summed E-state index contributed by atoms with van der Waals surface area (Å²) in [7, 11) is 0. The number of anilines is 1. The number of allylic oxidation sites excluding steroid dienone is 2. The Bertz CT molecular complexity index is 638. The lowest BCUT2D eigenvalue weighted by Crippen LogP contribution is -2.26. The van der Waals surface area contributed by atoms with Crippen LogP contribution in [0.5, 0.6) is 0 Å². The zero-order valence-corrected chi connectivity index (χ0v) is 20.5. The van der Waals surface area contributed by atoms with Gasteiger partial charge in [0.15, 0.2) is 10.8 Å². The van der Waals surface area contributed by atoms with Crippen LogP contribution in [0.1, 0.15) is 77.3 Å². The molecule has 1 aromatic rings. The molecule has 0 atom stereocenters. The lowest BCUT2D eigenvalue weighted by Gasteiger charge is -2.21. The smallest absolute Gasteiger partial charge is 0.357 e. The topological polar surface area (TPSA) is 28.2 Å². The first-order valence-corrected chi connectivity index (χ1v) is 11.7. The summed E-state index contributed by atoms with van der Waals surface area (Å²) >= 11 is 6.69. The highest BCUT2D eigenvalue weighted by Crippen LogP contribution is 2.37. The number of aromatic nitrogens is 1. The highest BCUT2D eigenvalue weighted by molar-refractivity contribution is 7.15. The molecule has 30 heavy (non-hydrogen) atoms. The third kappa shape index (κ3) is 13.3. The van der Waals surface area contributed by atoms with E-state index in [4.69, 9.17) is 11.6 Å². The van der Waals surface area contributed by atoms with Crippen LogP contribution in [0.15, 0.2) is 23.3 Å². The molecule has 1 heterocycles. The van der Waals surface area contributed by atoms with Gasteiger partial charge in [0.25, 0.3) is 0 Å². The number of rotatable bonds is 12. The molecule has 0 aliphatic carbocycles. The van der Waals surface area contributed by atoms with Crippen molar-refractivity contribution >= 4 is 28.1 Å². The Morgan fingerprint density at radius 1 is 1.17 bits per heavy atom. The maximum absolute atomic E-state index is 13.3. The predicted molar refractivity (Wildman–Crippen MR) is 125 cm³/mol. The molecule has 3 nitrogen and oxygen atoms in total. The summed E-state index contributed by atoms with van der Waals surface area (Å²) in [5.41, 5.74) is 0.615. The van der Waals surface area contributed by atoms with Gasteiger partial charge in [0.05, 0.1) is 11.4 Å². The minimum Gasteiger partial charge on any atom is -0.357 e. The van der Waals surface area contributed by atoms with Crippen LogP contribution in [0.2, 0.25) is 0 Å². The van der Waals surface area contributed by atoms with Crippen LogP contribution in [0.25, 0.3) is 0 Å². The van der Waals surface area contributed by atoms with E-state index in [1.54, 1.807) is 0 Å². The first-order valence-electron chi connectivity index (χ1n) is 10.5. The Morgan fingerprint density at radius 2 is 1.83 bits per heavy atom. The van der Waals surface area contributed by atoms with Crippen LogP contribution in [0, 0.1) is 0 Å². The van der Waals surface area contributed by atoms with E-state index in [-0.39, 0.29) is 23.1 Å². The number of thiazole rings is 1. The minimum atomic E-state index is -4.45. The van der Waals surface area contributed by atoms with Crippen molar-refractivity contribution in [2.45, 2.75) is 79.4 Å². The number of unbranched alkanes of at least 4 members (excludes halogenated alkanes) is 2. The van der Waals surface area contributed by atoms with Gasteiger partial charge in [0.2, 0.25) is 0 Å². The normalized spacial score (nSPS) is 11.1. The Labute approximate surface area is 189 Å². The predicted octanol–water partition coefficient (Wildman–Crippen LogP) is 8.09. The molecule has 0 saturated heterocycles. The van der Waals surface area contributed by atoms with Crippen molar-refractivity contribution < 1.29 is 13.2 Å². The maximum atomic E-state index is 13.3. The highest BCUT2D eigenvalue weighted by Gasteiger charge is 2.37. The highest BCUT2D eigenvalue weighted by atomic mass is 35.5. The zero-order valence-electron chi connectivity index (χ0n) is 19.0. The van der Waals surface area contributed by atoms with E-state index in [1.807, 2.05) is 6.92 Å². The fourth-order valence-electron chi connectivity index (χ4n) is 2.71. The Hall–Kier alpha value is -1.05. The third-order valence-corrected chi connectivity index (χ3v) is 5.13. The van der Waals surface area contributed by atoms with Gasteiger partial charge >= 0.3 is 6.18 Å². The SMILES string of the molecule is C=C(Cl)CNc1nc(C(F)(F)F)c(CN(CCC)CCCCC)s1.CCC=C(C)C. The second kappa shape index (κ2) is 15.7. The van der Waals surface area contributed by atoms with Crippen LogP contribution < -0.4 is 5.32 Å². The molecule has 0 amide bonds. The van der Waals surface area contributed by atoms with Gasteiger partial charge in [-0.05, 0) is 46.2 Å². The number of nitrogens with one attached hydrogen (secondary N) is 1. The molecule has 0 saturated carbocycles. The van der Waals surface area contributed by atoms with Crippen LogP contribution in [0.4, 0.5) is 18.3 Å². The van der Waals surface area contributed by atoms with Crippen LogP contribution >= 0.6 is 22.9 Å². The molecule has 0 radical (unpaired) electrons. The number of nitrogens with zero attached hydrogens (tertiary/aromatic N) is 2. The summed E-state index contributed by atoms with van der Waals surface area (Å²) in [6, 6.07) is 0. The summed E-state index contributed by atoms with van der Waals surface area (Å²) < 4.78 is 39.8. The van der Waals surface area contributed by atoms with E-state index in [0.29, 0.717) is 5.03 Å². The molecule has 0 aliphatic heterocycles. The van der Waals surface area contributed by atoms with E-state index < -0.39 is 11.9 Å². The van der Waals surface area contributed by atoms with Gasteiger partial charge in [-0.25, -0.2) is 4.98 Å². The van der Waals surface area contributed by atoms with Crippen molar-refractivity contribution in [1.29, 1.82) is 0 Å². The largest absolute Gasteiger partial charge is 0.434 e. The fourth-order valence-corrected chi connectivity index (χ4v) is 3.80. The molecule has 0 aliphatic rings. The van der Waals surface area contributed by atoms with E-state index in [1.165, 1.54) is 12.0 Å². The molecule has 1 rings (SSSR count). The molecule has 0 fully saturated rings. The van der Waals surface area contributed by atoms with Gasteiger partial charge in [0.1, 0.15) is 0 Å². The standard InChI is InChI=1S/C16H25ClF3N3S.C6H12/c1-4-6-7-9-23(8-5-2)11-13-14(16(18,19)20)22-15(24-13)21-10-12(3)17;1-4-5-6(2)3/h3-11H2,1-2H3,(H,21,22);5H,4H2,1-3H3. The summed E-state index contributed by atoms with van der Waals surface area (Å²) in [5.74, 6) is 0. The first kappa shape index (κ1) is 28.9. The average molecular weight is 468 g/mol. The van der Waals surface area contributed by atoms with Crippen molar-refractivity contribution in [2.24, 2.45) is 0 Å². The first-order chi connectivity index (χ1) is 14.0. The molecule has 0 bridgehead atoms. The van der Waals surface area contributed by atoms with Crippen molar-refractivity contribution in [3.05, 3.63) is 33.8 Å². The van der Waals surface area contributed by atoms with E-state index in [2.05, 4.69) is 55.6 Å². The number of alkyl halides is 3. The Kier molecular flexibility index (Phi) is 15.2. The summed E-state index contributed by atoms with van der Waals surface area (Å²) in [5, 5.41) is 3.34. The summed E-state index contributed by atoms with van der Waals surface area (Å²) in [6.07, 6.45) is 3.00. The molecular weight excluding hydrogens is 431 g/mol. The lowest BCUT2D eigenvalue weighted by atomic mass is 10.2. The molecular formula is C22H37ClF3N3S. The Balaban J connectivity index is 0.00000122. The monoisotopic (exact) mass is 467 g/mol. The third-order valence-electron chi connectivity index (χ3n) is 3.99. The molecule has 0 spiro atoms. The second-order valence-electron chi connectivity index (χ2n) is 7.33. The summed E-state index contributed by atoms with van der Waals surface area (Å²) in [6.45, 7) is 16.1. The molecule has 0 unspecified atom stereocenters. The van der Waals surface area contributed by atoms with Crippen molar-refractivity contribution in [1.82, 2.24) is 9.88 Å². The summed E-state index contributed by atoms with van der Waals surface area (Å²) in [4.78, 5) is 6.04. The van der Waals surface area contributed by atoms with Crippen molar-refractivity contribution in [3.63, 3.8) is 0 Å². The average Bonchev–Trinajstić information content (AvgIpc) is 3.04. The number of hydrogen-bond acceptors (Lipinski definition) is 4. The van der Waals surface area contributed by atoms with Crippen LogP contribution in [-0.4, -0.2) is 29.5 Å². The van der Waals surface area contributed by atoms with Gasteiger partial charge in [-0.2, -0.15) is 13.2 Å². The van der Waals surface area contributed by atoms with Gasteiger partial charge in [0, 0.05) is 11.6 Å². The number of halogens is 4. The van der Waals surface area contributed by atoms with Crippen LogP contribution in [-0.2, 0) is 12.7 Å². The maximum Gasteiger partial charge on any atom is 0.434 e. The van der Waals surface area contributed by atoms with E-state index in [9.17, 15) is 13.2 Å². The van der Waals surface area contributed by atoms with E-state index in [0.717, 1.165) is 50.1 Å². The quantitative estimate of drug-likeness (QED) is 0.248. The minimum absolute atomic E-state index is 0.195. The van der Waals surface area contributed by atoms with Gasteiger partial charge in [-0.1, -0.05) is 63.4 Å². The van der Waals surface area contributed by atoms with Gasteiger partial charge in [-0.3, -0.25) is 4.90 Å². The van der Waals surface area contributed by atoms with Gasteiger partial charge in [-0.15, -0.1) is 11.3 Å². The molecule has 8 heteroatoms. The van der Waals surface area contributed by atoms with Gasteiger partial charge < -0.3 is 5.32 Å². The molecule has 1 aromatic heterocycles. The second-order valence-corrected chi connectivity index (χ2v) is 8.95. The molecule has 174 valence electrons.